The van der Waals surface area contributed by atoms with Gasteiger partial charge in [0, 0.05) is 11.8 Å². The molecule has 1 aromatic carbocycles. The predicted octanol–water partition coefficient (Wildman–Crippen LogP) is 5.25. The smallest absolute Gasteiger partial charge is 0.278 e. The average Bonchev–Trinajstić information content (AvgIpc) is 2.75. The zero-order chi connectivity index (χ0) is 23.2. The molecule has 3 aromatic heterocycles. The van der Waals surface area contributed by atoms with Crippen LogP contribution in [-0.2, 0) is 0 Å². The molecule has 0 aliphatic rings. The van der Waals surface area contributed by atoms with E-state index in [4.69, 9.17) is 11.6 Å². The minimum Gasteiger partial charge on any atom is -0.506 e. The van der Waals surface area contributed by atoms with Gasteiger partial charge in [-0.25, -0.2) is 9.37 Å². The largest absolute Gasteiger partial charge is 0.506 e. The summed E-state index contributed by atoms with van der Waals surface area (Å²) in [5, 5.41) is 20.4. The second-order valence-electron chi connectivity index (χ2n) is 7.66. The van der Waals surface area contributed by atoms with Crippen LogP contribution in [0.5, 0.6) is 5.75 Å². The van der Waals surface area contributed by atoms with E-state index in [0.717, 1.165) is 5.56 Å². The molecule has 0 atom stereocenters. The van der Waals surface area contributed by atoms with E-state index in [-0.39, 0.29) is 33.2 Å². The second-order valence-corrected chi connectivity index (χ2v) is 8.07. The van der Waals surface area contributed by atoms with Gasteiger partial charge in [0.15, 0.2) is 11.2 Å². The lowest BCUT2D eigenvalue weighted by Gasteiger charge is -2.19. The molecule has 0 amide bonds. The van der Waals surface area contributed by atoms with E-state index in [9.17, 15) is 19.6 Å². The van der Waals surface area contributed by atoms with E-state index < -0.39 is 22.7 Å². The number of benzene rings is 1. The Labute approximate surface area is 188 Å². The lowest BCUT2D eigenvalue weighted by Crippen LogP contribution is -2.25. The number of pyridine rings is 3. The lowest BCUT2D eigenvalue weighted by molar-refractivity contribution is 0.478. The van der Waals surface area contributed by atoms with Crippen LogP contribution in [0.4, 0.5) is 4.39 Å². The average molecular weight is 449 g/mol. The van der Waals surface area contributed by atoms with Crippen molar-refractivity contribution < 1.29 is 9.50 Å². The van der Waals surface area contributed by atoms with E-state index in [0.29, 0.717) is 11.4 Å². The summed E-state index contributed by atoms with van der Waals surface area (Å²) in [6.07, 6.45) is 1.64. The molecule has 0 saturated heterocycles. The van der Waals surface area contributed by atoms with Crippen LogP contribution < -0.4 is 5.56 Å². The molecule has 4 aromatic rings. The van der Waals surface area contributed by atoms with E-state index in [1.54, 1.807) is 30.5 Å². The third-order valence-electron chi connectivity index (χ3n) is 5.24. The number of nitrogens with zero attached hydrogens (tertiary/aromatic N) is 4. The van der Waals surface area contributed by atoms with Crippen molar-refractivity contribution >= 4 is 22.6 Å². The monoisotopic (exact) mass is 448 g/mol. The van der Waals surface area contributed by atoms with Crippen molar-refractivity contribution in [3.05, 3.63) is 80.6 Å². The normalized spacial score (nSPS) is 11.2. The van der Waals surface area contributed by atoms with E-state index in [2.05, 4.69) is 9.97 Å². The van der Waals surface area contributed by atoms with Crippen LogP contribution in [0, 0.1) is 24.1 Å². The summed E-state index contributed by atoms with van der Waals surface area (Å²) in [7, 11) is 0. The molecule has 8 heteroatoms. The van der Waals surface area contributed by atoms with Crippen molar-refractivity contribution in [1.82, 2.24) is 14.5 Å². The van der Waals surface area contributed by atoms with Crippen LogP contribution in [-0.4, -0.2) is 19.6 Å². The molecule has 0 bridgehead atoms. The molecule has 0 aliphatic carbocycles. The van der Waals surface area contributed by atoms with Gasteiger partial charge in [-0.3, -0.25) is 14.3 Å². The first-order valence-electron chi connectivity index (χ1n) is 9.85. The van der Waals surface area contributed by atoms with Gasteiger partial charge >= 0.3 is 0 Å². The van der Waals surface area contributed by atoms with Crippen molar-refractivity contribution in [2.24, 2.45) is 0 Å². The number of aryl methyl sites for hydroxylation is 1. The molecule has 0 radical (unpaired) electrons. The third-order valence-corrected chi connectivity index (χ3v) is 5.53. The quantitative estimate of drug-likeness (QED) is 0.462. The topological polar surface area (TPSA) is 91.8 Å². The van der Waals surface area contributed by atoms with Gasteiger partial charge < -0.3 is 5.11 Å². The molecular weight excluding hydrogens is 431 g/mol. The number of halogens is 2. The Balaban J connectivity index is 2.24. The highest BCUT2D eigenvalue weighted by atomic mass is 35.5. The molecule has 3 heterocycles. The van der Waals surface area contributed by atoms with Gasteiger partial charge in [-0.15, -0.1) is 0 Å². The van der Waals surface area contributed by atoms with Crippen molar-refractivity contribution in [1.29, 1.82) is 5.26 Å². The fourth-order valence-corrected chi connectivity index (χ4v) is 3.96. The molecule has 0 fully saturated rings. The molecule has 32 heavy (non-hydrogen) atoms. The minimum absolute atomic E-state index is 0.0483. The summed E-state index contributed by atoms with van der Waals surface area (Å²) < 4.78 is 15.8. The van der Waals surface area contributed by atoms with Gasteiger partial charge in [0.05, 0.1) is 27.5 Å². The van der Waals surface area contributed by atoms with Crippen molar-refractivity contribution in [2.45, 2.75) is 26.7 Å². The first-order chi connectivity index (χ1) is 15.3. The summed E-state index contributed by atoms with van der Waals surface area (Å²) in [6, 6.07) is 10.9. The Morgan fingerprint density at radius 3 is 2.62 bits per heavy atom. The van der Waals surface area contributed by atoms with Crippen LogP contribution in [0.25, 0.3) is 28.0 Å². The zero-order valence-corrected chi connectivity index (χ0v) is 18.3. The van der Waals surface area contributed by atoms with Crippen LogP contribution in [0.3, 0.4) is 0 Å². The zero-order valence-electron chi connectivity index (χ0n) is 17.5. The first kappa shape index (κ1) is 21.5. The number of aromatic nitrogens is 3. The number of hydrogen-bond donors (Lipinski definition) is 1. The Hall–Kier alpha value is -3.76. The standard InChI is InChI=1S/C24H18ClFN4O2/c1-12(2)19-21(13(3)8-9-28-19)30-23-15(22(31)16(11-27)24(30)32)10-17(25)20(29-23)14-6-4-5-7-18(14)26/h4-10,12,31H,1-3H3. The van der Waals surface area contributed by atoms with E-state index >= 15 is 0 Å². The van der Waals surface area contributed by atoms with Gasteiger partial charge in [-0.05, 0) is 42.7 Å². The Kier molecular flexibility index (Phi) is 5.41. The van der Waals surface area contributed by atoms with E-state index in [1.165, 1.54) is 22.8 Å². The Morgan fingerprint density at radius 1 is 1.25 bits per heavy atom. The van der Waals surface area contributed by atoms with Crippen LogP contribution in [0.15, 0.2) is 47.4 Å². The van der Waals surface area contributed by atoms with Crippen LogP contribution in [0.1, 0.15) is 36.6 Å². The van der Waals surface area contributed by atoms with Crippen molar-refractivity contribution in [2.75, 3.05) is 0 Å². The minimum atomic E-state index is -0.746. The number of aromatic hydroxyl groups is 1. The molecular formula is C24H18ClFN4O2. The summed E-state index contributed by atoms with van der Waals surface area (Å²) in [5.41, 5.74) is 0.932. The highest BCUT2D eigenvalue weighted by Gasteiger charge is 2.24. The Bertz CT molecular complexity index is 1490. The molecule has 0 saturated carbocycles. The molecule has 6 nitrogen and oxygen atoms in total. The maximum absolute atomic E-state index is 14.5. The highest BCUT2D eigenvalue weighted by molar-refractivity contribution is 6.33. The predicted molar refractivity (Wildman–Crippen MR) is 121 cm³/mol. The van der Waals surface area contributed by atoms with Crippen molar-refractivity contribution in [3.63, 3.8) is 0 Å². The molecule has 1 N–H and O–H groups in total. The maximum Gasteiger partial charge on any atom is 0.278 e. The summed E-state index contributed by atoms with van der Waals surface area (Å²) in [4.78, 5) is 22.3. The van der Waals surface area contributed by atoms with Crippen LogP contribution >= 0.6 is 11.6 Å². The SMILES string of the molecule is Cc1ccnc(C(C)C)c1-n1c(=O)c(C#N)c(O)c2cc(Cl)c(-c3ccccc3F)nc21. The number of nitriles is 1. The molecule has 0 aliphatic heterocycles. The van der Waals surface area contributed by atoms with Gasteiger partial charge in [0.2, 0.25) is 0 Å². The van der Waals surface area contributed by atoms with Gasteiger partial charge in [-0.1, -0.05) is 37.6 Å². The van der Waals surface area contributed by atoms with Crippen LogP contribution in [0.2, 0.25) is 5.02 Å². The maximum atomic E-state index is 14.5. The highest BCUT2D eigenvalue weighted by Crippen LogP contribution is 2.36. The van der Waals surface area contributed by atoms with Gasteiger partial charge in [0.1, 0.15) is 17.6 Å². The number of fused-ring (bicyclic) bond motifs is 1. The summed E-state index contributed by atoms with van der Waals surface area (Å²) in [6.45, 7) is 5.67. The summed E-state index contributed by atoms with van der Waals surface area (Å²) >= 11 is 6.41. The summed E-state index contributed by atoms with van der Waals surface area (Å²) in [5.74, 6) is -1.11. The Morgan fingerprint density at radius 2 is 1.97 bits per heavy atom. The molecule has 0 spiro atoms. The second kappa shape index (κ2) is 8.06. The number of hydrogen-bond acceptors (Lipinski definition) is 5. The fourth-order valence-electron chi connectivity index (χ4n) is 3.70. The van der Waals surface area contributed by atoms with Gasteiger partial charge in [-0.2, -0.15) is 5.26 Å². The first-order valence-corrected chi connectivity index (χ1v) is 10.2. The third kappa shape index (κ3) is 3.29. The molecule has 160 valence electrons. The lowest BCUT2D eigenvalue weighted by atomic mass is 10.0. The number of rotatable bonds is 3. The van der Waals surface area contributed by atoms with E-state index in [1.807, 2.05) is 20.8 Å². The van der Waals surface area contributed by atoms with Gasteiger partial charge in [0.25, 0.3) is 5.56 Å². The molecule has 0 unspecified atom stereocenters. The fraction of sp³-hybridized carbons (Fsp3) is 0.167. The van der Waals surface area contributed by atoms with Crippen molar-refractivity contribution in [3.8, 4) is 28.8 Å². The molecule has 4 rings (SSSR count).